The van der Waals surface area contributed by atoms with Crippen LogP contribution in [0.4, 0.5) is 10.1 Å². The summed E-state index contributed by atoms with van der Waals surface area (Å²) in [4.78, 5) is 23.6. The number of hydrogen-bond donors (Lipinski definition) is 1. The van der Waals surface area contributed by atoms with Gasteiger partial charge in [0.2, 0.25) is 5.91 Å². The summed E-state index contributed by atoms with van der Waals surface area (Å²) in [5, 5.41) is 2.69. The van der Waals surface area contributed by atoms with Gasteiger partial charge in [-0.25, -0.2) is 9.18 Å². The Morgan fingerprint density at radius 1 is 1.09 bits per heavy atom. The molecular weight excluding hydrogens is 297 g/mol. The van der Waals surface area contributed by atoms with Crippen LogP contribution in [-0.4, -0.2) is 19.0 Å². The Balaban J connectivity index is 1.91. The monoisotopic (exact) mass is 315 g/mol. The third kappa shape index (κ3) is 4.64. The number of amides is 1. The molecule has 2 rings (SSSR count). The van der Waals surface area contributed by atoms with E-state index >= 15 is 0 Å². The Labute approximate surface area is 134 Å². The number of para-hydroxylation sites is 1. The molecule has 2 aromatic rings. The molecule has 2 aromatic carbocycles. The van der Waals surface area contributed by atoms with Gasteiger partial charge in [0.05, 0.1) is 18.4 Å². The van der Waals surface area contributed by atoms with Crippen molar-refractivity contribution in [3.05, 3.63) is 65.5 Å². The van der Waals surface area contributed by atoms with E-state index < -0.39 is 5.97 Å². The lowest BCUT2D eigenvalue weighted by atomic mass is 10.1. The quantitative estimate of drug-likeness (QED) is 0.829. The summed E-state index contributed by atoms with van der Waals surface area (Å²) < 4.78 is 18.2. The van der Waals surface area contributed by atoms with E-state index in [1.165, 1.54) is 13.2 Å². The van der Waals surface area contributed by atoms with Crippen molar-refractivity contribution in [1.29, 1.82) is 0 Å². The van der Waals surface area contributed by atoms with Gasteiger partial charge in [-0.1, -0.05) is 30.3 Å². The molecule has 1 N–H and O–H groups in total. The third-order valence-electron chi connectivity index (χ3n) is 3.41. The highest BCUT2D eigenvalue weighted by molar-refractivity contribution is 6.01. The van der Waals surface area contributed by atoms with Gasteiger partial charge in [0.15, 0.2) is 0 Å². The zero-order chi connectivity index (χ0) is 16.7. The maximum absolute atomic E-state index is 13.5. The first-order valence-corrected chi connectivity index (χ1v) is 7.32. The first kappa shape index (κ1) is 16.7. The first-order valence-electron chi connectivity index (χ1n) is 7.32. The molecule has 0 saturated heterocycles. The summed E-state index contributed by atoms with van der Waals surface area (Å²) in [5.41, 5.74) is 1.31. The number of benzene rings is 2. The van der Waals surface area contributed by atoms with Crippen LogP contribution < -0.4 is 5.32 Å². The summed E-state index contributed by atoms with van der Waals surface area (Å²) in [6, 6.07) is 13.2. The highest BCUT2D eigenvalue weighted by Gasteiger charge is 2.13. The van der Waals surface area contributed by atoms with Crippen LogP contribution in [0.3, 0.4) is 0 Å². The second-order valence-corrected chi connectivity index (χ2v) is 5.03. The zero-order valence-corrected chi connectivity index (χ0v) is 12.8. The molecule has 0 aromatic heterocycles. The molecule has 0 aliphatic heterocycles. The lowest BCUT2D eigenvalue weighted by Gasteiger charge is -2.09. The molecular formula is C18H18FNO3. The van der Waals surface area contributed by atoms with Crippen molar-refractivity contribution >= 4 is 17.6 Å². The third-order valence-corrected chi connectivity index (χ3v) is 3.41. The fraction of sp³-hybridized carbons (Fsp3) is 0.222. The van der Waals surface area contributed by atoms with Crippen molar-refractivity contribution in [3.63, 3.8) is 0 Å². The lowest BCUT2D eigenvalue weighted by molar-refractivity contribution is -0.116. The molecule has 5 heteroatoms. The molecule has 0 aliphatic carbocycles. The topological polar surface area (TPSA) is 55.4 Å². The van der Waals surface area contributed by atoms with Crippen molar-refractivity contribution in [2.45, 2.75) is 19.3 Å². The zero-order valence-electron chi connectivity index (χ0n) is 12.8. The van der Waals surface area contributed by atoms with Gasteiger partial charge in [0.1, 0.15) is 5.82 Å². The van der Waals surface area contributed by atoms with E-state index in [2.05, 4.69) is 10.1 Å². The SMILES string of the molecule is COC(=O)c1ccccc1NC(=O)CCCc1ccccc1F. The fourth-order valence-corrected chi connectivity index (χ4v) is 2.23. The average molecular weight is 315 g/mol. The molecule has 0 unspecified atom stereocenters. The average Bonchev–Trinajstić information content (AvgIpc) is 2.56. The molecule has 0 radical (unpaired) electrons. The minimum absolute atomic E-state index is 0.224. The minimum Gasteiger partial charge on any atom is -0.465 e. The first-order chi connectivity index (χ1) is 11.1. The van der Waals surface area contributed by atoms with Gasteiger partial charge in [-0.2, -0.15) is 0 Å². The number of nitrogens with one attached hydrogen (secondary N) is 1. The second kappa shape index (κ2) is 8.08. The Kier molecular flexibility index (Phi) is 5.86. The smallest absolute Gasteiger partial charge is 0.339 e. The van der Waals surface area contributed by atoms with Crippen molar-refractivity contribution in [2.75, 3.05) is 12.4 Å². The van der Waals surface area contributed by atoms with E-state index in [0.717, 1.165) is 0 Å². The van der Waals surface area contributed by atoms with Crippen LogP contribution in [0.25, 0.3) is 0 Å². The van der Waals surface area contributed by atoms with Crippen LogP contribution in [-0.2, 0) is 16.0 Å². The molecule has 0 spiro atoms. The number of halogens is 1. The van der Waals surface area contributed by atoms with Gasteiger partial charge in [-0.05, 0) is 36.6 Å². The van der Waals surface area contributed by atoms with Gasteiger partial charge in [-0.15, -0.1) is 0 Å². The van der Waals surface area contributed by atoms with Gasteiger partial charge < -0.3 is 10.1 Å². The Morgan fingerprint density at radius 3 is 2.52 bits per heavy atom. The van der Waals surface area contributed by atoms with Crippen molar-refractivity contribution < 1.29 is 18.7 Å². The van der Waals surface area contributed by atoms with E-state index in [0.29, 0.717) is 29.7 Å². The van der Waals surface area contributed by atoms with Crippen LogP contribution in [0, 0.1) is 5.82 Å². The Bertz CT molecular complexity index is 700. The van der Waals surface area contributed by atoms with E-state index in [1.807, 2.05) is 0 Å². The molecule has 4 nitrogen and oxygen atoms in total. The van der Waals surface area contributed by atoms with E-state index in [-0.39, 0.29) is 18.1 Å². The van der Waals surface area contributed by atoms with E-state index in [1.54, 1.807) is 42.5 Å². The molecule has 0 fully saturated rings. The minimum atomic E-state index is -0.507. The van der Waals surface area contributed by atoms with Crippen LogP contribution in [0.1, 0.15) is 28.8 Å². The van der Waals surface area contributed by atoms with Crippen molar-refractivity contribution in [2.24, 2.45) is 0 Å². The summed E-state index contributed by atoms with van der Waals surface area (Å²) in [7, 11) is 1.29. The predicted octanol–water partition coefficient (Wildman–Crippen LogP) is 3.57. The standard InChI is InChI=1S/C18H18FNO3/c1-23-18(22)14-9-3-5-11-16(14)20-17(21)12-6-8-13-7-2-4-10-15(13)19/h2-5,7,9-11H,6,8,12H2,1H3,(H,20,21). The molecule has 0 bridgehead atoms. The van der Waals surface area contributed by atoms with Crippen LogP contribution in [0.2, 0.25) is 0 Å². The van der Waals surface area contributed by atoms with Crippen LogP contribution >= 0.6 is 0 Å². The predicted molar refractivity (Wildman–Crippen MR) is 85.7 cm³/mol. The van der Waals surface area contributed by atoms with Crippen LogP contribution in [0.5, 0.6) is 0 Å². The molecule has 120 valence electrons. The Morgan fingerprint density at radius 2 is 1.78 bits per heavy atom. The summed E-state index contributed by atoms with van der Waals surface area (Å²) >= 11 is 0. The maximum Gasteiger partial charge on any atom is 0.339 e. The number of anilines is 1. The number of methoxy groups -OCH3 is 1. The molecule has 23 heavy (non-hydrogen) atoms. The number of carbonyl (C=O) groups is 2. The number of ether oxygens (including phenoxy) is 1. The molecule has 0 saturated carbocycles. The molecule has 0 aliphatic rings. The van der Waals surface area contributed by atoms with Gasteiger partial charge in [0.25, 0.3) is 0 Å². The maximum atomic E-state index is 13.5. The number of aryl methyl sites for hydroxylation is 1. The van der Waals surface area contributed by atoms with Gasteiger partial charge in [-0.3, -0.25) is 4.79 Å². The molecule has 0 atom stereocenters. The largest absolute Gasteiger partial charge is 0.465 e. The molecule has 0 heterocycles. The Hall–Kier alpha value is -2.69. The number of hydrogen-bond acceptors (Lipinski definition) is 3. The van der Waals surface area contributed by atoms with Crippen LogP contribution in [0.15, 0.2) is 48.5 Å². The summed E-state index contributed by atoms with van der Waals surface area (Å²) in [6.07, 6.45) is 1.25. The highest BCUT2D eigenvalue weighted by Crippen LogP contribution is 2.17. The molecule has 1 amide bonds. The number of esters is 1. The number of carbonyl (C=O) groups excluding carboxylic acids is 2. The normalized spacial score (nSPS) is 10.2. The lowest BCUT2D eigenvalue weighted by Crippen LogP contribution is -2.15. The van der Waals surface area contributed by atoms with Crippen molar-refractivity contribution in [3.8, 4) is 0 Å². The highest BCUT2D eigenvalue weighted by atomic mass is 19.1. The second-order valence-electron chi connectivity index (χ2n) is 5.03. The van der Waals surface area contributed by atoms with Crippen molar-refractivity contribution in [1.82, 2.24) is 0 Å². The van der Waals surface area contributed by atoms with Gasteiger partial charge in [0, 0.05) is 6.42 Å². The van der Waals surface area contributed by atoms with E-state index in [9.17, 15) is 14.0 Å². The summed E-state index contributed by atoms with van der Waals surface area (Å²) in [5.74, 6) is -0.992. The van der Waals surface area contributed by atoms with E-state index in [4.69, 9.17) is 0 Å². The van der Waals surface area contributed by atoms with Gasteiger partial charge >= 0.3 is 5.97 Å². The fourth-order valence-electron chi connectivity index (χ4n) is 2.23. The summed E-state index contributed by atoms with van der Waals surface area (Å²) in [6.45, 7) is 0. The number of rotatable bonds is 6.